The molecular weight excluding hydrogens is 535 g/mol. The zero-order valence-corrected chi connectivity index (χ0v) is 21.4. The Kier molecular flexibility index (Phi) is 6.62. The van der Waals surface area contributed by atoms with E-state index in [0.29, 0.717) is 19.7 Å². The molecule has 0 atom stereocenters. The van der Waals surface area contributed by atoms with Crippen molar-refractivity contribution in [1.29, 1.82) is 0 Å². The Bertz CT molecular complexity index is 1230. The summed E-state index contributed by atoms with van der Waals surface area (Å²) in [4.78, 5) is 17.1. The van der Waals surface area contributed by atoms with E-state index in [1.165, 1.54) is 31.4 Å². The van der Waals surface area contributed by atoms with Crippen molar-refractivity contribution in [2.45, 2.75) is 19.4 Å². The zero-order chi connectivity index (χ0) is 23.7. The molecule has 34 heavy (non-hydrogen) atoms. The molecule has 2 aliphatic rings. The largest absolute Gasteiger partial charge is 0.448 e. The highest BCUT2D eigenvalue weighted by Crippen LogP contribution is 2.44. The average molecular weight is 562 g/mol. The Morgan fingerprint density at radius 2 is 1.65 bits per heavy atom. The van der Waals surface area contributed by atoms with Crippen LogP contribution in [-0.4, -0.2) is 48.7 Å². The number of amides is 1. The summed E-state index contributed by atoms with van der Waals surface area (Å²) in [7, 11) is 0. The van der Waals surface area contributed by atoms with E-state index >= 15 is 0 Å². The van der Waals surface area contributed by atoms with Gasteiger partial charge in [0.25, 0.3) is 0 Å². The number of carbonyl (C=O) groups is 1. The molecule has 5 rings (SSSR count). The third kappa shape index (κ3) is 4.45. The number of terminal acetylenes is 1. The lowest BCUT2D eigenvalue weighted by Crippen LogP contribution is -2.48. The van der Waals surface area contributed by atoms with Gasteiger partial charge in [-0.05, 0) is 75.0 Å². The van der Waals surface area contributed by atoms with Gasteiger partial charge in [-0.1, -0.05) is 54.5 Å². The molecule has 0 bridgehead atoms. The van der Waals surface area contributed by atoms with Crippen molar-refractivity contribution in [3.05, 3.63) is 92.1 Å². The van der Waals surface area contributed by atoms with E-state index in [2.05, 4.69) is 101 Å². The summed E-state index contributed by atoms with van der Waals surface area (Å²) >= 11 is 2.35. The lowest BCUT2D eigenvalue weighted by molar-refractivity contribution is 0.0728. The maximum atomic E-state index is 12.9. The van der Waals surface area contributed by atoms with Crippen molar-refractivity contribution in [2.75, 3.05) is 32.8 Å². The van der Waals surface area contributed by atoms with Crippen molar-refractivity contribution in [3.8, 4) is 23.5 Å². The molecule has 0 unspecified atom stereocenters. The lowest BCUT2D eigenvalue weighted by atomic mass is 9.98. The molecule has 0 spiro atoms. The van der Waals surface area contributed by atoms with E-state index < -0.39 is 0 Å². The fraction of sp³-hybridized carbons (Fsp3) is 0.276. The summed E-state index contributed by atoms with van der Waals surface area (Å²) in [6.07, 6.45) is 5.45. The highest BCUT2D eigenvalue weighted by molar-refractivity contribution is 14.1. The summed E-state index contributed by atoms with van der Waals surface area (Å²) in [6.45, 7) is 6.24. The van der Waals surface area contributed by atoms with Gasteiger partial charge in [-0.3, -0.25) is 4.90 Å². The second kappa shape index (κ2) is 9.81. The molecule has 0 N–H and O–H groups in total. The molecule has 1 heterocycles. The molecule has 5 heteroatoms. The average Bonchev–Trinajstić information content (AvgIpc) is 3.19. The topological polar surface area (TPSA) is 32.8 Å². The summed E-state index contributed by atoms with van der Waals surface area (Å²) in [5.41, 5.74) is 8.29. The number of halogens is 1. The SMILES string of the molecule is C#Cc1cc(CN2CCN(C(=O)OCC3c4ccccc4-c4ccccc43)CC2)cc(I)c1C. The first kappa shape index (κ1) is 22.9. The van der Waals surface area contributed by atoms with Gasteiger partial charge in [-0.25, -0.2) is 4.79 Å². The first-order chi connectivity index (χ1) is 16.5. The molecule has 1 saturated heterocycles. The van der Waals surface area contributed by atoms with E-state index in [1.807, 2.05) is 4.90 Å². The maximum Gasteiger partial charge on any atom is 0.409 e. The smallest absolute Gasteiger partial charge is 0.409 e. The number of nitrogens with zero attached hydrogens (tertiary/aromatic N) is 2. The van der Waals surface area contributed by atoms with Gasteiger partial charge in [0, 0.05) is 47.8 Å². The number of piperazine rings is 1. The van der Waals surface area contributed by atoms with Gasteiger partial charge in [0.2, 0.25) is 0 Å². The molecule has 1 aliphatic carbocycles. The summed E-state index contributed by atoms with van der Waals surface area (Å²) in [5.74, 6) is 2.88. The van der Waals surface area contributed by atoms with E-state index in [-0.39, 0.29) is 12.0 Å². The van der Waals surface area contributed by atoms with Crippen molar-refractivity contribution in [3.63, 3.8) is 0 Å². The molecule has 0 aromatic heterocycles. The third-order valence-electron chi connectivity index (χ3n) is 6.93. The number of carbonyl (C=O) groups excluding carboxylic acids is 1. The molecule has 1 amide bonds. The van der Waals surface area contributed by atoms with Crippen molar-refractivity contribution in [2.24, 2.45) is 0 Å². The molecule has 0 saturated carbocycles. The zero-order valence-electron chi connectivity index (χ0n) is 19.3. The van der Waals surface area contributed by atoms with Crippen molar-refractivity contribution in [1.82, 2.24) is 9.80 Å². The molecule has 172 valence electrons. The quantitative estimate of drug-likeness (QED) is 0.305. The van der Waals surface area contributed by atoms with Crippen molar-refractivity contribution < 1.29 is 9.53 Å². The molecule has 1 fully saturated rings. The predicted octanol–water partition coefficient (Wildman–Crippen LogP) is 5.65. The minimum absolute atomic E-state index is 0.0898. The number of hydrogen-bond donors (Lipinski definition) is 0. The van der Waals surface area contributed by atoms with Crippen LogP contribution in [0.4, 0.5) is 4.79 Å². The van der Waals surface area contributed by atoms with Gasteiger partial charge >= 0.3 is 6.09 Å². The third-order valence-corrected chi connectivity index (χ3v) is 8.05. The summed E-state index contributed by atoms with van der Waals surface area (Å²) in [5, 5.41) is 0. The van der Waals surface area contributed by atoms with Gasteiger partial charge in [0.15, 0.2) is 0 Å². The second-order valence-electron chi connectivity index (χ2n) is 8.96. The summed E-state index contributed by atoms with van der Waals surface area (Å²) in [6, 6.07) is 21.1. The van der Waals surface area contributed by atoms with Crippen LogP contribution in [0.25, 0.3) is 11.1 Å². The van der Waals surface area contributed by atoms with Crippen LogP contribution in [0.2, 0.25) is 0 Å². The van der Waals surface area contributed by atoms with Crippen LogP contribution in [0.1, 0.15) is 33.7 Å². The Hall–Kier alpha value is -2.82. The first-order valence-electron chi connectivity index (χ1n) is 11.6. The molecule has 1 aliphatic heterocycles. The minimum Gasteiger partial charge on any atom is -0.448 e. The monoisotopic (exact) mass is 562 g/mol. The van der Waals surface area contributed by atoms with Gasteiger partial charge in [-0.15, -0.1) is 6.42 Å². The maximum absolute atomic E-state index is 12.9. The van der Waals surface area contributed by atoms with Crippen LogP contribution in [0.5, 0.6) is 0 Å². The Balaban J connectivity index is 1.18. The van der Waals surface area contributed by atoms with Crippen LogP contribution >= 0.6 is 22.6 Å². The number of benzene rings is 3. The summed E-state index contributed by atoms with van der Waals surface area (Å²) < 4.78 is 7.03. The lowest BCUT2D eigenvalue weighted by Gasteiger charge is -2.34. The van der Waals surface area contributed by atoms with Crippen LogP contribution in [-0.2, 0) is 11.3 Å². The Labute approximate surface area is 215 Å². The van der Waals surface area contributed by atoms with Crippen LogP contribution in [0.15, 0.2) is 60.7 Å². The fourth-order valence-electron chi connectivity index (χ4n) is 5.01. The number of hydrogen-bond acceptors (Lipinski definition) is 3. The van der Waals surface area contributed by atoms with Crippen LogP contribution in [0, 0.1) is 22.8 Å². The van der Waals surface area contributed by atoms with Gasteiger partial charge in [-0.2, -0.15) is 0 Å². The van der Waals surface area contributed by atoms with E-state index in [9.17, 15) is 4.79 Å². The number of fused-ring (bicyclic) bond motifs is 3. The van der Waals surface area contributed by atoms with Crippen LogP contribution in [0.3, 0.4) is 0 Å². The second-order valence-corrected chi connectivity index (χ2v) is 10.1. The van der Waals surface area contributed by atoms with Gasteiger partial charge < -0.3 is 9.64 Å². The molecule has 3 aromatic rings. The molecule has 4 nitrogen and oxygen atoms in total. The minimum atomic E-state index is -0.221. The van der Waals surface area contributed by atoms with Gasteiger partial charge in [0.1, 0.15) is 6.61 Å². The van der Waals surface area contributed by atoms with Gasteiger partial charge in [0.05, 0.1) is 0 Å². The fourth-order valence-corrected chi connectivity index (χ4v) is 5.70. The Morgan fingerprint density at radius 1 is 1.03 bits per heavy atom. The van der Waals surface area contributed by atoms with Crippen molar-refractivity contribution >= 4 is 28.7 Å². The molecule has 0 radical (unpaired) electrons. The van der Waals surface area contributed by atoms with E-state index in [4.69, 9.17) is 11.2 Å². The number of rotatable bonds is 4. The predicted molar refractivity (Wildman–Crippen MR) is 144 cm³/mol. The van der Waals surface area contributed by atoms with Crippen LogP contribution < -0.4 is 0 Å². The number of ether oxygens (including phenoxy) is 1. The van der Waals surface area contributed by atoms with E-state index in [0.717, 1.165) is 30.8 Å². The molecule has 3 aromatic carbocycles. The standard InChI is InChI=1S/C29H27IN2O2/c1-3-22-16-21(17-28(30)20(22)2)18-31-12-14-32(15-13-31)29(33)34-19-27-25-10-6-4-8-23(25)24-9-5-7-11-26(24)27/h1,4-11,16-17,27H,12-15,18-19H2,2H3. The normalized spacial score (nSPS) is 15.5. The Morgan fingerprint density at radius 3 is 2.26 bits per heavy atom. The molecular formula is C29H27IN2O2. The highest BCUT2D eigenvalue weighted by atomic mass is 127. The highest BCUT2D eigenvalue weighted by Gasteiger charge is 2.30. The first-order valence-corrected chi connectivity index (χ1v) is 12.7. The van der Waals surface area contributed by atoms with E-state index in [1.54, 1.807) is 0 Å².